The first-order chi connectivity index (χ1) is 8.03. The van der Waals surface area contributed by atoms with Crippen molar-refractivity contribution in [2.24, 2.45) is 5.41 Å². The third-order valence-electron chi connectivity index (χ3n) is 3.70. The van der Waals surface area contributed by atoms with E-state index in [1.54, 1.807) is 0 Å². The molecule has 1 aliphatic rings. The molecule has 1 saturated carbocycles. The van der Waals surface area contributed by atoms with Gasteiger partial charge in [-0.05, 0) is 49.6 Å². The van der Waals surface area contributed by atoms with Gasteiger partial charge in [0.2, 0.25) is 0 Å². The summed E-state index contributed by atoms with van der Waals surface area (Å²) < 4.78 is 0. The molecular weight excluding hydrogens is 250 g/mol. The van der Waals surface area contributed by atoms with Crippen LogP contribution in [0.5, 0.6) is 0 Å². The number of benzene rings is 1. The predicted octanol–water partition coefficient (Wildman–Crippen LogP) is 4.21. The van der Waals surface area contributed by atoms with Crippen molar-refractivity contribution in [3.63, 3.8) is 0 Å². The SMILES string of the molecule is CNC1C(Sc2ccc(Cl)cc2)CCC1(C)C. The highest BCUT2D eigenvalue weighted by Gasteiger charge is 2.41. The Morgan fingerprint density at radius 1 is 1.29 bits per heavy atom. The Morgan fingerprint density at radius 2 is 1.94 bits per heavy atom. The van der Waals surface area contributed by atoms with Gasteiger partial charge >= 0.3 is 0 Å². The minimum absolute atomic E-state index is 0.402. The van der Waals surface area contributed by atoms with Crippen molar-refractivity contribution in [3.05, 3.63) is 29.3 Å². The summed E-state index contributed by atoms with van der Waals surface area (Å²) in [4.78, 5) is 1.32. The zero-order chi connectivity index (χ0) is 12.5. The number of hydrogen-bond acceptors (Lipinski definition) is 2. The first kappa shape index (κ1) is 13.3. The highest BCUT2D eigenvalue weighted by molar-refractivity contribution is 8.00. The molecule has 2 unspecified atom stereocenters. The maximum Gasteiger partial charge on any atom is 0.0406 e. The first-order valence-corrected chi connectivity index (χ1v) is 7.38. The second-order valence-corrected chi connectivity index (χ2v) is 7.15. The topological polar surface area (TPSA) is 12.0 Å². The van der Waals surface area contributed by atoms with Crippen LogP contribution in [0, 0.1) is 5.41 Å². The van der Waals surface area contributed by atoms with Crippen molar-refractivity contribution in [2.45, 2.75) is 42.9 Å². The maximum atomic E-state index is 5.91. The molecule has 0 amide bonds. The molecule has 1 fully saturated rings. The van der Waals surface area contributed by atoms with Gasteiger partial charge in [0, 0.05) is 21.2 Å². The van der Waals surface area contributed by atoms with Gasteiger partial charge in [0.25, 0.3) is 0 Å². The molecule has 0 saturated heterocycles. The van der Waals surface area contributed by atoms with E-state index in [1.807, 2.05) is 23.9 Å². The first-order valence-electron chi connectivity index (χ1n) is 6.12. The van der Waals surface area contributed by atoms with Crippen molar-refractivity contribution in [3.8, 4) is 0 Å². The zero-order valence-electron chi connectivity index (χ0n) is 10.7. The molecule has 0 bridgehead atoms. The maximum absolute atomic E-state index is 5.91. The van der Waals surface area contributed by atoms with Gasteiger partial charge in [0.15, 0.2) is 0 Å². The monoisotopic (exact) mass is 269 g/mol. The lowest BCUT2D eigenvalue weighted by Crippen LogP contribution is -2.41. The summed E-state index contributed by atoms with van der Waals surface area (Å²) in [5.41, 5.74) is 0.402. The quantitative estimate of drug-likeness (QED) is 0.882. The van der Waals surface area contributed by atoms with E-state index in [4.69, 9.17) is 11.6 Å². The average molecular weight is 270 g/mol. The minimum atomic E-state index is 0.402. The lowest BCUT2D eigenvalue weighted by molar-refractivity contribution is 0.300. The van der Waals surface area contributed by atoms with Crippen LogP contribution in [-0.4, -0.2) is 18.3 Å². The van der Waals surface area contributed by atoms with Crippen LogP contribution in [0.2, 0.25) is 5.02 Å². The summed E-state index contributed by atoms with van der Waals surface area (Å²) in [5, 5.41) is 4.96. The van der Waals surface area contributed by atoms with Gasteiger partial charge < -0.3 is 5.32 Å². The fourth-order valence-electron chi connectivity index (χ4n) is 2.73. The van der Waals surface area contributed by atoms with Gasteiger partial charge in [-0.1, -0.05) is 25.4 Å². The molecular formula is C14H20ClNS. The van der Waals surface area contributed by atoms with E-state index in [2.05, 4.69) is 38.3 Å². The van der Waals surface area contributed by atoms with E-state index in [1.165, 1.54) is 17.7 Å². The van der Waals surface area contributed by atoms with E-state index in [9.17, 15) is 0 Å². The van der Waals surface area contributed by atoms with Crippen LogP contribution in [0.15, 0.2) is 29.2 Å². The molecule has 1 nitrogen and oxygen atoms in total. The molecule has 94 valence electrons. The van der Waals surface area contributed by atoms with Gasteiger partial charge in [-0.2, -0.15) is 0 Å². The number of halogens is 1. The second-order valence-electron chi connectivity index (χ2n) is 5.40. The molecule has 2 rings (SSSR count). The van der Waals surface area contributed by atoms with Gasteiger partial charge in [-0.15, -0.1) is 11.8 Å². The molecule has 3 heteroatoms. The summed E-state index contributed by atoms with van der Waals surface area (Å²) in [6.45, 7) is 4.72. The molecule has 0 heterocycles. The number of hydrogen-bond donors (Lipinski definition) is 1. The fraction of sp³-hybridized carbons (Fsp3) is 0.571. The molecule has 17 heavy (non-hydrogen) atoms. The summed E-state index contributed by atoms with van der Waals surface area (Å²) in [7, 11) is 2.08. The van der Waals surface area contributed by atoms with Gasteiger partial charge in [-0.3, -0.25) is 0 Å². The van der Waals surface area contributed by atoms with Crippen molar-refractivity contribution >= 4 is 23.4 Å². The highest BCUT2D eigenvalue weighted by atomic mass is 35.5. The lowest BCUT2D eigenvalue weighted by atomic mass is 9.87. The van der Waals surface area contributed by atoms with E-state index >= 15 is 0 Å². The van der Waals surface area contributed by atoms with Crippen LogP contribution < -0.4 is 5.32 Å². The number of rotatable bonds is 3. The lowest BCUT2D eigenvalue weighted by Gasteiger charge is -2.30. The fourth-order valence-corrected chi connectivity index (χ4v) is 4.38. The van der Waals surface area contributed by atoms with Crippen LogP contribution in [-0.2, 0) is 0 Å². The Morgan fingerprint density at radius 3 is 2.53 bits per heavy atom. The summed E-state index contributed by atoms with van der Waals surface area (Å²) in [5.74, 6) is 0. The third-order valence-corrected chi connectivity index (χ3v) is 5.31. The molecule has 1 aliphatic carbocycles. The van der Waals surface area contributed by atoms with E-state index in [-0.39, 0.29) is 0 Å². The summed E-state index contributed by atoms with van der Waals surface area (Å²) in [6.07, 6.45) is 2.58. The van der Waals surface area contributed by atoms with Gasteiger partial charge in [0.05, 0.1) is 0 Å². The third kappa shape index (κ3) is 2.98. The molecule has 2 atom stereocenters. The summed E-state index contributed by atoms with van der Waals surface area (Å²) >= 11 is 7.88. The van der Waals surface area contributed by atoms with Crippen LogP contribution in [0.3, 0.4) is 0 Å². The van der Waals surface area contributed by atoms with Crippen LogP contribution in [0.25, 0.3) is 0 Å². The second kappa shape index (κ2) is 5.21. The van der Waals surface area contributed by atoms with Crippen molar-refractivity contribution in [1.82, 2.24) is 5.32 Å². The molecule has 0 aliphatic heterocycles. The molecule has 1 N–H and O–H groups in total. The van der Waals surface area contributed by atoms with E-state index in [0.29, 0.717) is 16.7 Å². The minimum Gasteiger partial charge on any atom is -0.315 e. The van der Waals surface area contributed by atoms with Crippen LogP contribution in [0.4, 0.5) is 0 Å². The van der Waals surface area contributed by atoms with Gasteiger partial charge in [0.1, 0.15) is 0 Å². The van der Waals surface area contributed by atoms with E-state index < -0.39 is 0 Å². The van der Waals surface area contributed by atoms with Crippen LogP contribution >= 0.6 is 23.4 Å². The smallest absolute Gasteiger partial charge is 0.0406 e. The molecule has 0 spiro atoms. The molecule has 0 aromatic heterocycles. The van der Waals surface area contributed by atoms with Crippen molar-refractivity contribution in [1.29, 1.82) is 0 Å². The van der Waals surface area contributed by atoms with Gasteiger partial charge in [-0.25, -0.2) is 0 Å². The normalized spacial score (nSPS) is 27.3. The molecule has 0 radical (unpaired) electrons. The summed E-state index contributed by atoms with van der Waals surface area (Å²) in [6, 6.07) is 8.76. The Balaban J connectivity index is 2.07. The molecule has 1 aromatic carbocycles. The average Bonchev–Trinajstić information content (AvgIpc) is 2.57. The van der Waals surface area contributed by atoms with Crippen molar-refractivity contribution in [2.75, 3.05) is 7.05 Å². The standard InChI is InChI=1S/C14H20ClNS/c1-14(2)9-8-12(13(14)16-3)17-11-6-4-10(15)5-7-11/h4-7,12-13,16H,8-9H2,1-3H3. The zero-order valence-corrected chi connectivity index (χ0v) is 12.2. The Labute approximate surface area is 113 Å². The Hall–Kier alpha value is -0.180. The number of nitrogens with one attached hydrogen (secondary N) is 1. The van der Waals surface area contributed by atoms with Crippen LogP contribution in [0.1, 0.15) is 26.7 Å². The Bertz CT molecular complexity index is 374. The largest absolute Gasteiger partial charge is 0.315 e. The molecule has 1 aromatic rings. The van der Waals surface area contributed by atoms with E-state index in [0.717, 1.165) is 5.02 Å². The predicted molar refractivity (Wildman–Crippen MR) is 77.0 cm³/mol. The Kier molecular flexibility index (Phi) is 4.06. The van der Waals surface area contributed by atoms with Crippen molar-refractivity contribution < 1.29 is 0 Å². The highest BCUT2D eigenvalue weighted by Crippen LogP contribution is 2.44. The number of thioether (sulfide) groups is 1.